The van der Waals surface area contributed by atoms with Crippen LogP contribution < -0.4 is 10.6 Å². The number of alkyl carbamates (subject to hydrolysis) is 1. The summed E-state index contributed by atoms with van der Waals surface area (Å²) in [4.78, 5) is 36.1. The standard InChI is InChI=1S/C18H26N2O4/c1-11(2)15(20-17(23)24-18(4,5)6)16(22)19-14-10-8-7-9-13(14)12(3)21/h7-11,15H,1-6H3,(H,19,22)(H,20,23)/t15-/m0/s1. The van der Waals surface area contributed by atoms with E-state index in [1.165, 1.54) is 6.92 Å². The zero-order valence-electron chi connectivity index (χ0n) is 15.1. The van der Waals surface area contributed by atoms with Crippen molar-refractivity contribution in [3.63, 3.8) is 0 Å². The first kappa shape index (κ1) is 19.7. The van der Waals surface area contributed by atoms with E-state index in [0.29, 0.717) is 11.3 Å². The maximum atomic E-state index is 12.5. The van der Waals surface area contributed by atoms with Gasteiger partial charge in [-0.2, -0.15) is 0 Å². The van der Waals surface area contributed by atoms with E-state index in [1.54, 1.807) is 45.0 Å². The first-order valence-corrected chi connectivity index (χ1v) is 7.91. The molecule has 1 aromatic carbocycles. The number of ether oxygens (including phenoxy) is 1. The number of hydrogen-bond acceptors (Lipinski definition) is 4. The van der Waals surface area contributed by atoms with E-state index < -0.39 is 23.6 Å². The van der Waals surface area contributed by atoms with Crippen LogP contribution in [0.25, 0.3) is 0 Å². The second-order valence-electron chi connectivity index (χ2n) is 6.96. The molecule has 1 rings (SSSR count). The van der Waals surface area contributed by atoms with Crippen LogP contribution in [0, 0.1) is 5.92 Å². The number of hydrogen-bond donors (Lipinski definition) is 2. The molecule has 0 radical (unpaired) electrons. The molecule has 1 aromatic rings. The van der Waals surface area contributed by atoms with E-state index in [-0.39, 0.29) is 11.7 Å². The van der Waals surface area contributed by atoms with Gasteiger partial charge in [0, 0.05) is 5.56 Å². The highest BCUT2D eigenvalue weighted by molar-refractivity contribution is 6.05. The van der Waals surface area contributed by atoms with Gasteiger partial charge in [0.2, 0.25) is 5.91 Å². The molecule has 24 heavy (non-hydrogen) atoms. The Labute approximate surface area is 143 Å². The number of carbonyl (C=O) groups excluding carboxylic acids is 3. The molecule has 1 atom stereocenters. The van der Waals surface area contributed by atoms with E-state index in [9.17, 15) is 14.4 Å². The third-order valence-corrected chi connectivity index (χ3v) is 3.19. The Kier molecular flexibility index (Phi) is 6.51. The normalized spacial score (nSPS) is 12.5. The topological polar surface area (TPSA) is 84.5 Å². The molecule has 6 nitrogen and oxygen atoms in total. The van der Waals surface area contributed by atoms with Gasteiger partial charge in [-0.3, -0.25) is 9.59 Å². The Hall–Kier alpha value is -2.37. The molecule has 0 saturated heterocycles. The molecule has 0 unspecified atom stereocenters. The molecule has 0 aliphatic rings. The van der Waals surface area contributed by atoms with Crippen LogP contribution in [0.4, 0.5) is 10.5 Å². The molecule has 0 saturated carbocycles. The third-order valence-electron chi connectivity index (χ3n) is 3.19. The van der Waals surface area contributed by atoms with Crippen LogP contribution in [-0.4, -0.2) is 29.4 Å². The van der Waals surface area contributed by atoms with Crippen molar-refractivity contribution in [2.45, 2.75) is 53.2 Å². The highest BCUT2D eigenvalue weighted by Gasteiger charge is 2.27. The SMILES string of the molecule is CC(=O)c1ccccc1NC(=O)[C@@H](NC(=O)OC(C)(C)C)C(C)C. The molecule has 0 heterocycles. The van der Waals surface area contributed by atoms with Gasteiger partial charge in [0.05, 0.1) is 5.69 Å². The summed E-state index contributed by atoms with van der Waals surface area (Å²) < 4.78 is 5.20. The summed E-state index contributed by atoms with van der Waals surface area (Å²) in [5, 5.41) is 5.30. The largest absolute Gasteiger partial charge is 0.444 e. The molecular formula is C18H26N2O4. The van der Waals surface area contributed by atoms with Crippen LogP contribution in [-0.2, 0) is 9.53 Å². The second-order valence-corrected chi connectivity index (χ2v) is 6.96. The summed E-state index contributed by atoms with van der Waals surface area (Å²) in [6.07, 6.45) is -0.656. The minimum absolute atomic E-state index is 0.146. The van der Waals surface area contributed by atoms with E-state index >= 15 is 0 Å². The molecule has 0 bridgehead atoms. The Morgan fingerprint density at radius 3 is 2.17 bits per heavy atom. The van der Waals surface area contributed by atoms with Gasteiger partial charge in [-0.25, -0.2) is 4.79 Å². The number of rotatable bonds is 5. The molecule has 6 heteroatoms. The van der Waals surface area contributed by atoms with Crippen molar-refractivity contribution in [2.24, 2.45) is 5.92 Å². The van der Waals surface area contributed by atoms with Crippen molar-refractivity contribution in [3.8, 4) is 0 Å². The molecule has 0 aliphatic heterocycles. The lowest BCUT2D eigenvalue weighted by atomic mass is 10.0. The number of carbonyl (C=O) groups is 3. The molecular weight excluding hydrogens is 308 g/mol. The average Bonchev–Trinajstić information content (AvgIpc) is 2.42. The van der Waals surface area contributed by atoms with E-state index in [0.717, 1.165) is 0 Å². The maximum Gasteiger partial charge on any atom is 0.408 e. The van der Waals surface area contributed by atoms with Gasteiger partial charge in [0.1, 0.15) is 11.6 Å². The summed E-state index contributed by atoms with van der Waals surface area (Å²) in [6.45, 7) is 10.3. The Bertz CT molecular complexity index is 618. The van der Waals surface area contributed by atoms with Gasteiger partial charge in [-0.15, -0.1) is 0 Å². The van der Waals surface area contributed by atoms with E-state index in [4.69, 9.17) is 4.74 Å². The third kappa shape index (κ3) is 6.02. The van der Waals surface area contributed by atoms with Gasteiger partial charge in [-0.05, 0) is 45.7 Å². The van der Waals surface area contributed by atoms with Gasteiger partial charge in [0.25, 0.3) is 0 Å². The monoisotopic (exact) mass is 334 g/mol. The molecule has 0 fully saturated rings. The number of ketones is 1. The van der Waals surface area contributed by atoms with Crippen molar-refractivity contribution >= 4 is 23.5 Å². The number of anilines is 1. The zero-order chi connectivity index (χ0) is 18.5. The lowest BCUT2D eigenvalue weighted by Gasteiger charge is -2.25. The Morgan fingerprint density at radius 2 is 1.67 bits per heavy atom. The zero-order valence-corrected chi connectivity index (χ0v) is 15.1. The van der Waals surface area contributed by atoms with Crippen LogP contribution in [0.15, 0.2) is 24.3 Å². The van der Waals surface area contributed by atoms with Crippen LogP contribution >= 0.6 is 0 Å². The summed E-state index contributed by atoms with van der Waals surface area (Å²) in [7, 11) is 0. The highest BCUT2D eigenvalue weighted by Crippen LogP contribution is 2.17. The number of amides is 2. The second kappa shape index (κ2) is 7.95. The Morgan fingerprint density at radius 1 is 1.08 bits per heavy atom. The highest BCUT2D eigenvalue weighted by atomic mass is 16.6. The number of benzene rings is 1. The predicted molar refractivity (Wildman–Crippen MR) is 93.1 cm³/mol. The summed E-state index contributed by atoms with van der Waals surface area (Å²) in [6, 6.07) is 5.97. The van der Waals surface area contributed by atoms with Gasteiger partial charge < -0.3 is 15.4 Å². The van der Waals surface area contributed by atoms with Gasteiger partial charge in [-0.1, -0.05) is 26.0 Å². The maximum absolute atomic E-state index is 12.5. The molecule has 0 spiro atoms. The number of nitrogens with one attached hydrogen (secondary N) is 2. The Balaban J connectivity index is 2.89. The van der Waals surface area contributed by atoms with Gasteiger partial charge in [0.15, 0.2) is 5.78 Å². The molecule has 0 aromatic heterocycles. The summed E-state index contributed by atoms with van der Waals surface area (Å²) >= 11 is 0. The molecule has 2 amide bonds. The first-order valence-electron chi connectivity index (χ1n) is 7.91. The van der Waals surface area contributed by atoms with Crippen molar-refractivity contribution in [3.05, 3.63) is 29.8 Å². The number of para-hydroxylation sites is 1. The van der Waals surface area contributed by atoms with E-state index in [2.05, 4.69) is 10.6 Å². The lowest BCUT2D eigenvalue weighted by Crippen LogP contribution is -2.48. The summed E-state index contributed by atoms with van der Waals surface area (Å²) in [5.41, 5.74) is 0.195. The van der Waals surface area contributed by atoms with Crippen LogP contribution in [0.5, 0.6) is 0 Å². The summed E-state index contributed by atoms with van der Waals surface area (Å²) in [5.74, 6) is -0.696. The quantitative estimate of drug-likeness (QED) is 0.809. The fourth-order valence-electron chi connectivity index (χ4n) is 2.08. The van der Waals surface area contributed by atoms with Crippen LogP contribution in [0.1, 0.15) is 51.9 Å². The first-order chi connectivity index (χ1) is 11.0. The number of Topliss-reactive ketones (excluding diaryl/α,β-unsaturated/α-hetero) is 1. The van der Waals surface area contributed by atoms with Gasteiger partial charge >= 0.3 is 6.09 Å². The molecule has 2 N–H and O–H groups in total. The van der Waals surface area contributed by atoms with Crippen molar-refractivity contribution < 1.29 is 19.1 Å². The smallest absolute Gasteiger partial charge is 0.408 e. The fraction of sp³-hybridized carbons (Fsp3) is 0.500. The molecule has 0 aliphatic carbocycles. The lowest BCUT2D eigenvalue weighted by molar-refractivity contribution is -0.119. The predicted octanol–water partition coefficient (Wildman–Crippen LogP) is 3.38. The van der Waals surface area contributed by atoms with Crippen molar-refractivity contribution in [1.29, 1.82) is 0 Å². The fourth-order valence-corrected chi connectivity index (χ4v) is 2.08. The van der Waals surface area contributed by atoms with Crippen molar-refractivity contribution in [1.82, 2.24) is 5.32 Å². The van der Waals surface area contributed by atoms with E-state index in [1.807, 2.05) is 13.8 Å². The molecule has 132 valence electrons. The van der Waals surface area contributed by atoms with Crippen LogP contribution in [0.2, 0.25) is 0 Å². The minimum atomic E-state index is -0.778. The minimum Gasteiger partial charge on any atom is -0.444 e. The van der Waals surface area contributed by atoms with Crippen LogP contribution in [0.3, 0.4) is 0 Å². The van der Waals surface area contributed by atoms with Crippen molar-refractivity contribution in [2.75, 3.05) is 5.32 Å². The average molecular weight is 334 g/mol.